The van der Waals surface area contributed by atoms with E-state index in [-0.39, 0.29) is 0 Å². The van der Waals surface area contributed by atoms with Crippen LogP contribution in [0.5, 0.6) is 0 Å². The Labute approximate surface area is 220 Å². The van der Waals surface area contributed by atoms with Crippen molar-refractivity contribution in [3.05, 3.63) is 102 Å². The number of hydrogen-bond acceptors (Lipinski definition) is 0. The van der Waals surface area contributed by atoms with E-state index in [4.69, 9.17) is 0 Å². The van der Waals surface area contributed by atoms with E-state index in [2.05, 4.69) is 111 Å². The van der Waals surface area contributed by atoms with Crippen molar-refractivity contribution in [2.75, 3.05) is 0 Å². The van der Waals surface area contributed by atoms with Gasteiger partial charge in [-0.2, -0.15) is 0 Å². The number of rotatable bonds is 13. The van der Waals surface area contributed by atoms with Crippen LogP contribution in [-0.2, 0) is 0 Å². The lowest BCUT2D eigenvalue weighted by atomic mass is 9.98. The average molecular weight is 479 g/mol. The molecule has 0 unspecified atom stereocenters. The first kappa shape index (κ1) is 27.7. The highest BCUT2D eigenvalue weighted by Gasteiger charge is 2.00. The lowest BCUT2D eigenvalue weighted by Gasteiger charge is -2.08. The zero-order valence-corrected chi connectivity index (χ0v) is 22.7. The van der Waals surface area contributed by atoms with Gasteiger partial charge in [0.2, 0.25) is 0 Å². The van der Waals surface area contributed by atoms with Gasteiger partial charge in [-0.1, -0.05) is 156 Å². The monoisotopic (exact) mass is 478 g/mol. The molecule has 0 fully saturated rings. The summed E-state index contributed by atoms with van der Waals surface area (Å²) in [6.07, 6.45) is 18.9. The van der Waals surface area contributed by atoms with Crippen LogP contribution >= 0.6 is 0 Å². The highest BCUT2D eigenvalue weighted by Crippen LogP contribution is 2.22. The number of hydrogen-bond donors (Lipinski definition) is 0. The fourth-order valence-electron chi connectivity index (χ4n) is 4.85. The van der Waals surface area contributed by atoms with E-state index in [1.165, 1.54) is 104 Å². The minimum absolute atomic E-state index is 1.30. The standard InChI is InChI=1S/C22H36.C14H10/c1-3-5-7-9-12-16-21(17-13-10-8-6-4-2)20-22-18-14-11-15-19-22;1-2-6-12-10-14-8-4-3-7-13(14)9-11(12)5-1/h11,14-15,18-20H,3-10,12-13,16-17H2,1-2H3;1-10H. The van der Waals surface area contributed by atoms with Crippen molar-refractivity contribution >= 4 is 27.6 Å². The van der Waals surface area contributed by atoms with Crippen LogP contribution in [-0.4, -0.2) is 0 Å². The number of unbranched alkanes of at least 4 members (excludes halogenated alkanes) is 8. The fourth-order valence-corrected chi connectivity index (χ4v) is 4.85. The van der Waals surface area contributed by atoms with E-state index in [1.54, 1.807) is 5.57 Å². The van der Waals surface area contributed by atoms with Crippen molar-refractivity contribution in [3.8, 4) is 0 Å². The molecule has 0 aliphatic heterocycles. The van der Waals surface area contributed by atoms with Gasteiger partial charge in [0.1, 0.15) is 0 Å². The van der Waals surface area contributed by atoms with Crippen molar-refractivity contribution < 1.29 is 0 Å². The van der Waals surface area contributed by atoms with E-state index < -0.39 is 0 Å². The van der Waals surface area contributed by atoms with E-state index >= 15 is 0 Å². The second-order valence-electron chi connectivity index (χ2n) is 10.1. The van der Waals surface area contributed by atoms with E-state index in [1.807, 2.05) is 0 Å². The molecule has 0 aromatic heterocycles. The molecule has 0 radical (unpaired) electrons. The molecule has 0 amide bonds. The van der Waals surface area contributed by atoms with E-state index in [0.717, 1.165) is 0 Å². The van der Waals surface area contributed by atoms with Crippen LogP contribution in [0.15, 0.2) is 96.6 Å². The zero-order chi connectivity index (χ0) is 25.3. The molecule has 4 rings (SSSR count). The summed E-state index contributed by atoms with van der Waals surface area (Å²) >= 11 is 0. The lowest BCUT2D eigenvalue weighted by molar-refractivity contribution is 0.602. The summed E-state index contributed by atoms with van der Waals surface area (Å²) in [4.78, 5) is 0. The van der Waals surface area contributed by atoms with Crippen LogP contribution in [0.2, 0.25) is 0 Å². The second kappa shape index (κ2) is 16.7. The van der Waals surface area contributed by atoms with Gasteiger partial charge in [0, 0.05) is 0 Å². The van der Waals surface area contributed by atoms with Crippen molar-refractivity contribution in [2.24, 2.45) is 0 Å². The minimum atomic E-state index is 1.30. The van der Waals surface area contributed by atoms with Gasteiger partial charge in [-0.15, -0.1) is 0 Å². The molecule has 0 spiro atoms. The molecule has 0 aliphatic carbocycles. The lowest BCUT2D eigenvalue weighted by Crippen LogP contribution is -1.88. The average Bonchev–Trinajstić information content (AvgIpc) is 2.92. The molecule has 0 heteroatoms. The Balaban J connectivity index is 0.000000218. The summed E-state index contributed by atoms with van der Waals surface area (Å²) in [6, 6.07) is 32.3. The molecule has 4 aromatic rings. The molecule has 36 heavy (non-hydrogen) atoms. The van der Waals surface area contributed by atoms with Gasteiger partial charge in [-0.3, -0.25) is 0 Å². The maximum atomic E-state index is 2.44. The third kappa shape index (κ3) is 10.0. The van der Waals surface area contributed by atoms with Gasteiger partial charge in [0.15, 0.2) is 0 Å². The first-order valence-electron chi connectivity index (χ1n) is 14.4. The maximum absolute atomic E-state index is 2.44. The summed E-state index contributed by atoms with van der Waals surface area (Å²) in [5.74, 6) is 0. The number of fused-ring (bicyclic) bond motifs is 2. The Morgan fingerprint density at radius 3 is 1.28 bits per heavy atom. The van der Waals surface area contributed by atoms with Crippen LogP contribution in [0.1, 0.15) is 96.5 Å². The van der Waals surface area contributed by atoms with Gasteiger partial charge < -0.3 is 0 Å². The molecular weight excluding hydrogens is 432 g/mol. The summed E-state index contributed by atoms with van der Waals surface area (Å²) < 4.78 is 0. The molecule has 0 bridgehead atoms. The third-order valence-corrected chi connectivity index (χ3v) is 6.99. The molecule has 0 nitrogen and oxygen atoms in total. The molecule has 0 saturated heterocycles. The fraction of sp³-hybridized carbons (Fsp3) is 0.389. The minimum Gasteiger partial charge on any atom is -0.0696 e. The highest BCUT2D eigenvalue weighted by atomic mass is 14.1. The molecule has 0 saturated carbocycles. The van der Waals surface area contributed by atoms with E-state index in [0.29, 0.717) is 0 Å². The maximum Gasteiger partial charge on any atom is -0.0178 e. The van der Waals surface area contributed by atoms with Crippen LogP contribution < -0.4 is 0 Å². The summed E-state index contributed by atoms with van der Waals surface area (Å²) in [7, 11) is 0. The highest BCUT2D eigenvalue weighted by molar-refractivity contribution is 5.98. The Morgan fingerprint density at radius 2 is 0.861 bits per heavy atom. The molecular formula is C36H46. The Kier molecular flexibility index (Phi) is 12.9. The van der Waals surface area contributed by atoms with Crippen LogP contribution in [0, 0.1) is 0 Å². The molecule has 0 atom stereocenters. The van der Waals surface area contributed by atoms with Crippen molar-refractivity contribution in [2.45, 2.75) is 90.9 Å². The third-order valence-electron chi connectivity index (χ3n) is 6.99. The van der Waals surface area contributed by atoms with Crippen molar-refractivity contribution in [3.63, 3.8) is 0 Å². The predicted octanol–water partition coefficient (Wildman–Crippen LogP) is 11.8. The summed E-state index contributed by atoms with van der Waals surface area (Å²) in [5.41, 5.74) is 3.04. The van der Waals surface area contributed by atoms with Crippen LogP contribution in [0.4, 0.5) is 0 Å². The quantitative estimate of drug-likeness (QED) is 0.132. The smallest absolute Gasteiger partial charge is 0.0178 e. The largest absolute Gasteiger partial charge is 0.0696 e. The summed E-state index contributed by atoms with van der Waals surface area (Å²) in [5, 5.41) is 5.25. The number of benzene rings is 4. The van der Waals surface area contributed by atoms with Crippen molar-refractivity contribution in [1.29, 1.82) is 0 Å². The SMILES string of the molecule is CCCCCCCC(=Cc1ccccc1)CCCCCCC.c1ccc2cc3ccccc3cc2c1. The Morgan fingerprint density at radius 1 is 0.472 bits per heavy atom. The van der Waals surface area contributed by atoms with Gasteiger partial charge in [-0.05, 0) is 64.9 Å². The molecule has 0 N–H and O–H groups in total. The number of allylic oxidation sites excluding steroid dienone is 1. The van der Waals surface area contributed by atoms with Gasteiger partial charge in [-0.25, -0.2) is 0 Å². The summed E-state index contributed by atoms with van der Waals surface area (Å²) in [6.45, 7) is 4.58. The second-order valence-corrected chi connectivity index (χ2v) is 10.1. The predicted molar refractivity (Wildman–Crippen MR) is 163 cm³/mol. The van der Waals surface area contributed by atoms with Gasteiger partial charge in [0.05, 0.1) is 0 Å². The molecule has 0 aliphatic rings. The van der Waals surface area contributed by atoms with Gasteiger partial charge >= 0.3 is 0 Å². The van der Waals surface area contributed by atoms with Crippen molar-refractivity contribution in [1.82, 2.24) is 0 Å². The first-order chi connectivity index (χ1) is 17.8. The van der Waals surface area contributed by atoms with Gasteiger partial charge in [0.25, 0.3) is 0 Å². The zero-order valence-electron chi connectivity index (χ0n) is 22.7. The Hall–Kier alpha value is -2.86. The molecule has 4 aromatic carbocycles. The normalized spacial score (nSPS) is 10.7. The topological polar surface area (TPSA) is 0 Å². The molecule has 0 heterocycles. The molecule has 190 valence electrons. The first-order valence-corrected chi connectivity index (χ1v) is 14.4. The Bertz CT molecular complexity index is 1030. The van der Waals surface area contributed by atoms with Crippen LogP contribution in [0.3, 0.4) is 0 Å². The van der Waals surface area contributed by atoms with Crippen LogP contribution in [0.25, 0.3) is 27.6 Å². The van der Waals surface area contributed by atoms with E-state index in [9.17, 15) is 0 Å².